The van der Waals surface area contributed by atoms with Crippen LogP contribution < -0.4 is 5.73 Å². The monoisotopic (exact) mass is 240 g/mol. The maximum atomic E-state index is 12.3. The Hall–Kier alpha value is -0.570. The average molecular weight is 240 g/mol. The first-order chi connectivity index (χ1) is 7.69. The fourth-order valence-corrected chi connectivity index (χ4v) is 2.49. The van der Waals surface area contributed by atoms with Crippen LogP contribution in [0.2, 0.25) is 0 Å². The summed E-state index contributed by atoms with van der Waals surface area (Å²) >= 11 is 0. The van der Waals surface area contributed by atoms with Crippen LogP contribution in [0.3, 0.4) is 0 Å². The summed E-state index contributed by atoms with van der Waals surface area (Å²) < 4.78 is 0. The van der Waals surface area contributed by atoms with Crippen molar-refractivity contribution >= 4 is 5.91 Å². The lowest BCUT2D eigenvalue weighted by molar-refractivity contribution is -0.138. The van der Waals surface area contributed by atoms with Crippen molar-refractivity contribution < 1.29 is 4.79 Å². The predicted octanol–water partition coefficient (Wildman–Crippen LogP) is 2.54. The molecule has 1 fully saturated rings. The zero-order valence-electron chi connectivity index (χ0n) is 12.0. The Morgan fingerprint density at radius 1 is 1.41 bits per heavy atom. The first-order valence-electron chi connectivity index (χ1n) is 6.76. The highest BCUT2D eigenvalue weighted by atomic mass is 16.2. The minimum atomic E-state index is -0.707. The fourth-order valence-electron chi connectivity index (χ4n) is 2.49. The molecule has 1 aliphatic carbocycles. The van der Waals surface area contributed by atoms with E-state index < -0.39 is 5.54 Å². The van der Waals surface area contributed by atoms with Crippen LogP contribution in [0.5, 0.6) is 0 Å². The Bertz CT molecular complexity index is 274. The zero-order chi connectivity index (χ0) is 13.3. The molecule has 0 aliphatic heterocycles. The molecule has 1 saturated carbocycles. The van der Waals surface area contributed by atoms with E-state index in [1.807, 2.05) is 25.8 Å². The van der Waals surface area contributed by atoms with E-state index in [0.717, 1.165) is 12.8 Å². The normalized spacial score (nSPS) is 24.1. The van der Waals surface area contributed by atoms with Crippen LogP contribution in [-0.2, 0) is 4.79 Å². The lowest BCUT2D eigenvalue weighted by Gasteiger charge is -2.40. The highest BCUT2D eigenvalue weighted by molar-refractivity contribution is 5.85. The molecule has 0 heterocycles. The summed E-state index contributed by atoms with van der Waals surface area (Å²) in [7, 11) is 1.91. The summed E-state index contributed by atoms with van der Waals surface area (Å²) in [5.41, 5.74) is 5.76. The maximum absolute atomic E-state index is 12.3. The second kappa shape index (κ2) is 4.97. The lowest BCUT2D eigenvalue weighted by Crippen LogP contribution is -2.55. The number of carbonyl (C=O) groups is 1. The molecule has 3 nitrogen and oxygen atoms in total. The van der Waals surface area contributed by atoms with Crippen LogP contribution in [0.4, 0.5) is 0 Å². The molecular weight excluding hydrogens is 212 g/mol. The van der Waals surface area contributed by atoms with Crippen LogP contribution >= 0.6 is 0 Å². The molecule has 2 N–H and O–H groups in total. The van der Waals surface area contributed by atoms with Crippen LogP contribution in [0.1, 0.15) is 59.8 Å². The number of likely N-dealkylation sites (N-methyl/N-ethyl adjacent to an activating group) is 1. The third-order valence-corrected chi connectivity index (χ3v) is 4.40. The molecule has 1 atom stereocenters. The summed E-state index contributed by atoms with van der Waals surface area (Å²) in [6.45, 7) is 8.42. The van der Waals surface area contributed by atoms with E-state index in [4.69, 9.17) is 5.73 Å². The minimum absolute atomic E-state index is 0.0877. The number of nitrogens with zero attached hydrogens (tertiary/aromatic N) is 1. The highest BCUT2D eigenvalue weighted by Crippen LogP contribution is 2.36. The van der Waals surface area contributed by atoms with Crippen molar-refractivity contribution in [3.05, 3.63) is 0 Å². The number of amides is 1. The van der Waals surface area contributed by atoms with Gasteiger partial charge >= 0.3 is 0 Å². The van der Waals surface area contributed by atoms with Crippen LogP contribution in [0.15, 0.2) is 0 Å². The second-order valence-corrected chi connectivity index (χ2v) is 6.58. The Morgan fingerprint density at radius 2 is 1.88 bits per heavy atom. The first-order valence-corrected chi connectivity index (χ1v) is 6.76. The molecule has 0 aromatic rings. The van der Waals surface area contributed by atoms with Crippen LogP contribution in [-0.4, -0.2) is 29.4 Å². The number of hydrogen-bond acceptors (Lipinski definition) is 2. The number of rotatable bonds is 3. The molecule has 3 heteroatoms. The number of carbonyl (C=O) groups excluding carboxylic acids is 1. The van der Waals surface area contributed by atoms with Gasteiger partial charge in [0.1, 0.15) is 0 Å². The third-order valence-electron chi connectivity index (χ3n) is 4.40. The van der Waals surface area contributed by atoms with Gasteiger partial charge in [-0.3, -0.25) is 4.79 Å². The number of nitrogens with two attached hydrogens (primary N) is 1. The SMILES string of the molecule is CCC(C)(N)C(=O)N(C)C1CCC(C)(C)CC1. The Labute approximate surface area is 106 Å². The third kappa shape index (κ3) is 3.44. The van der Waals surface area contributed by atoms with E-state index >= 15 is 0 Å². The quantitative estimate of drug-likeness (QED) is 0.824. The van der Waals surface area contributed by atoms with Gasteiger partial charge in [0.05, 0.1) is 5.54 Å². The molecule has 0 bridgehead atoms. The molecule has 0 aromatic heterocycles. The molecule has 0 saturated heterocycles. The van der Waals surface area contributed by atoms with Gasteiger partial charge in [-0.25, -0.2) is 0 Å². The van der Waals surface area contributed by atoms with Crippen molar-refractivity contribution in [1.82, 2.24) is 4.90 Å². The molecule has 1 unspecified atom stereocenters. The molecule has 0 radical (unpaired) electrons. The molecule has 1 amide bonds. The highest BCUT2D eigenvalue weighted by Gasteiger charge is 2.35. The topological polar surface area (TPSA) is 46.3 Å². The van der Waals surface area contributed by atoms with E-state index in [1.165, 1.54) is 12.8 Å². The van der Waals surface area contributed by atoms with Crippen molar-refractivity contribution in [2.24, 2.45) is 11.1 Å². The molecule has 1 rings (SSSR count). The van der Waals surface area contributed by atoms with Crippen molar-refractivity contribution in [2.45, 2.75) is 71.4 Å². The van der Waals surface area contributed by atoms with E-state index in [9.17, 15) is 4.79 Å². The van der Waals surface area contributed by atoms with Crippen molar-refractivity contribution in [3.8, 4) is 0 Å². The van der Waals surface area contributed by atoms with Gasteiger partial charge in [0.25, 0.3) is 0 Å². The lowest BCUT2D eigenvalue weighted by atomic mass is 9.75. The smallest absolute Gasteiger partial charge is 0.242 e. The summed E-state index contributed by atoms with van der Waals surface area (Å²) in [5, 5.41) is 0. The van der Waals surface area contributed by atoms with Crippen LogP contribution in [0.25, 0.3) is 0 Å². The Morgan fingerprint density at radius 3 is 2.29 bits per heavy atom. The maximum Gasteiger partial charge on any atom is 0.242 e. The minimum Gasteiger partial charge on any atom is -0.341 e. The Kier molecular flexibility index (Phi) is 4.23. The molecule has 1 aliphatic rings. The Balaban J connectivity index is 2.60. The van der Waals surface area contributed by atoms with E-state index in [0.29, 0.717) is 17.9 Å². The number of hydrogen-bond donors (Lipinski definition) is 1. The van der Waals surface area contributed by atoms with E-state index in [-0.39, 0.29) is 5.91 Å². The second-order valence-electron chi connectivity index (χ2n) is 6.58. The van der Waals surface area contributed by atoms with Gasteiger partial charge < -0.3 is 10.6 Å². The van der Waals surface area contributed by atoms with Crippen molar-refractivity contribution in [1.29, 1.82) is 0 Å². The first kappa shape index (κ1) is 14.5. The molecule has 100 valence electrons. The largest absolute Gasteiger partial charge is 0.341 e. The summed E-state index contributed by atoms with van der Waals surface area (Å²) in [6.07, 6.45) is 5.30. The predicted molar refractivity (Wildman–Crippen MR) is 71.7 cm³/mol. The van der Waals surface area contributed by atoms with Gasteiger partial charge in [0, 0.05) is 13.1 Å². The summed E-state index contributed by atoms with van der Waals surface area (Å²) in [5.74, 6) is 0.0877. The van der Waals surface area contributed by atoms with E-state index in [2.05, 4.69) is 13.8 Å². The van der Waals surface area contributed by atoms with Gasteiger partial charge in [0.15, 0.2) is 0 Å². The van der Waals surface area contributed by atoms with E-state index in [1.54, 1.807) is 0 Å². The van der Waals surface area contributed by atoms with Gasteiger partial charge in [-0.1, -0.05) is 20.8 Å². The summed E-state index contributed by atoms with van der Waals surface area (Å²) in [4.78, 5) is 14.1. The molecule has 0 spiro atoms. The summed E-state index contributed by atoms with van der Waals surface area (Å²) in [6, 6.07) is 0.380. The average Bonchev–Trinajstić information content (AvgIpc) is 2.27. The fraction of sp³-hybridized carbons (Fsp3) is 0.929. The standard InChI is InChI=1S/C14H28N2O/c1-6-14(4,15)12(17)16(5)11-7-9-13(2,3)10-8-11/h11H,6-10,15H2,1-5H3. The van der Waals surface area contributed by atoms with Gasteiger partial charge in [-0.15, -0.1) is 0 Å². The van der Waals surface area contributed by atoms with Gasteiger partial charge in [-0.05, 0) is 44.4 Å². The van der Waals surface area contributed by atoms with Crippen molar-refractivity contribution in [2.75, 3.05) is 7.05 Å². The van der Waals surface area contributed by atoms with Crippen molar-refractivity contribution in [3.63, 3.8) is 0 Å². The molecule has 17 heavy (non-hydrogen) atoms. The zero-order valence-corrected chi connectivity index (χ0v) is 12.0. The van der Waals surface area contributed by atoms with Gasteiger partial charge in [0.2, 0.25) is 5.91 Å². The van der Waals surface area contributed by atoms with Crippen LogP contribution in [0, 0.1) is 5.41 Å². The molecule has 0 aromatic carbocycles. The van der Waals surface area contributed by atoms with Gasteiger partial charge in [-0.2, -0.15) is 0 Å². The molecular formula is C14H28N2O.